The van der Waals surface area contributed by atoms with Crippen LogP contribution in [0.3, 0.4) is 0 Å². The van der Waals surface area contributed by atoms with Gasteiger partial charge in [0.05, 0.1) is 39.6 Å². The molecule has 0 fully saturated rings. The van der Waals surface area contributed by atoms with Gasteiger partial charge in [-0.05, 0) is 30.5 Å². The van der Waals surface area contributed by atoms with Gasteiger partial charge >= 0.3 is 0 Å². The van der Waals surface area contributed by atoms with Crippen molar-refractivity contribution in [1.82, 2.24) is 0 Å². The van der Waals surface area contributed by atoms with Gasteiger partial charge in [0.2, 0.25) is 0 Å². The van der Waals surface area contributed by atoms with Crippen molar-refractivity contribution in [2.24, 2.45) is 0 Å². The number of hydrogen-bond donors (Lipinski definition) is 0. The van der Waals surface area contributed by atoms with Crippen molar-refractivity contribution in [1.29, 1.82) is 0 Å². The lowest BCUT2D eigenvalue weighted by Crippen LogP contribution is -2.13. The molecule has 0 saturated carbocycles. The molecule has 1 aromatic carbocycles. The normalized spacial score (nSPS) is 16.7. The summed E-state index contributed by atoms with van der Waals surface area (Å²) in [6.07, 6.45) is 11.8. The molecule has 1 aliphatic heterocycles. The first-order chi connectivity index (χ1) is 14.4. The van der Waals surface area contributed by atoms with Gasteiger partial charge < -0.3 is 23.7 Å². The molecule has 0 saturated heterocycles. The van der Waals surface area contributed by atoms with Gasteiger partial charge in [0.15, 0.2) is 11.5 Å². The van der Waals surface area contributed by atoms with Crippen molar-refractivity contribution in [3.63, 3.8) is 0 Å². The summed E-state index contributed by atoms with van der Waals surface area (Å²) in [4.78, 5) is 0. The minimum absolute atomic E-state index is 0.504. The van der Waals surface area contributed by atoms with Crippen molar-refractivity contribution in [3.8, 4) is 11.5 Å². The Kier molecular flexibility index (Phi) is 13.6. The first kappa shape index (κ1) is 24.0. The minimum Gasteiger partial charge on any atom is -0.487 e. The Labute approximate surface area is 177 Å². The lowest BCUT2D eigenvalue weighted by atomic mass is 10.0. The van der Waals surface area contributed by atoms with E-state index >= 15 is 0 Å². The van der Waals surface area contributed by atoms with E-state index in [4.69, 9.17) is 23.7 Å². The smallest absolute Gasteiger partial charge is 0.161 e. The molecule has 0 unspecified atom stereocenters. The van der Waals surface area contributed by atoms with Gasteiger partial charge in [0.1, 0.15) is 13.2 Å². The molecule has 5 nitrogen and oxygen atoms in total. The summed E-state index contributed by atoms with van der Waals surface area (Å²) in [5, 5.41) is 0. The van der Waals surface area contributed by atoms with Crippen LogP contribution in [0.5, 0.6) is 11.5 Å². The van der Waals surface area contributed by atoms with Gasteiger partial charge in [-0.3, -0.25) is 0 Å². The second-order valence-electron chi connectivity index (χ2n) is 7.54. The van der Waals surface area contributed by atoms with Crippen LogP contribution in [-0.4, -0.2) is 52.9 Å². The molecule has 0 bridgehead atoms. The number of aryl methyl sites for hydroxylation is 1. The van der Waals surface area contributed by atoms with Crippen LogP contribution in [0.1, 0.15) is 63.9 Å². The Hall–Kier alpha value is -1.30. The lowest BCUT2D eigenvalue weighted by Gasteiger charge is -2.14. The molecule has 0 spiro atoms. The number of hydrogen-bond acceptors (Lipinski definition) is 5. The summed E-state index contributed by atoms with van der Waals surface area (Å²) in [7, 11) is 0. The zero-order valence-corrected chi connectivity index (χ0v) is 18.3. The summed E-state index contributed by atoms with van der Waals surface area (Å²) in [5.41, 5.74) is 1.31. The molecule has 0 aliphatic carbocycles. The molecular formula is C24H40O5. The van der Waals surface area contributed by atoms with Crippen LogP contribution >= 0.6 is 0 Å². The van der Waals surface area contributed by atoms with E-state index in [1.165, 1.54) is 56.9 Å². The summed E-state index contributed by atoms with van der Waals surface area (Å²) in [5.74, 6) is 1.58. The third-order valence-corrected chi connectivity index (χ3v) is 5.04. The van der Waals surface area contributed by atoms with Gasteiger partial charge in [-0.25, -0.2) is 0 Å². The second kappa shape index (κ2) is 16.5. The Bertz CT molecular complexity index is 520. The fraction of sp³-hybridized carbons (Fsp3) is 0.750. The Morgan fingerprint density at radius 2 is 1.10 bits per heavy atom. The maximum atomic E-state index is 5.96. The summed E-state index contributed by atoms with van der Waals surface area (Å²) in [6, 6.07) is 6.30. The molecule has 0 N–H and O–H groups in total. The molecule has 0 aromatic heterocycles. The molecule has 1 aliphatic rings. The largest absolute Gasteiger partial charge is 0.487 e. The minimum atomic E-state index is 0.504. The molecule has 166 valence electrons. The molecule has 0 radical (unpaired) electrons. The van der Waals surface area contributed by atoms with Crippen LogP contribution in [-0.2, 0) is 20.6 Å². The van der Waals surface area contributed by atoms with Crippen LogP contribution in [0.2, 0.25) is 0 Å². The highest BCUT2D eigenvalue weighted by atomic mass is 16.6. The highest BCUT2D eigenvalue weighted by Gasteiger charge is 2.08. The Morgan fingerprint density at radius 3 is 1.72 bits per heavy atom. The number of rotatable bonds is 9. The summed E-state index contributed by atoms with van der Waals surface area (Å²) >= 11 is 0. The van der Waals surface area contributed by atoms with E-state index < -0.39 is 0 Å². The summed E-state index contributed by atoms with van der Waals surface area (Å²) < 4.78 is 28.3. The number of unbranched alkanes of at least 4 members (excludes halogenated alkanes) is 7. The van der Waals surface area contributed by atoms with Crippen LogP contribution in [0, 0.1) is 0 Å². The van der Waals surface area contributed by atoms with E-state index in [1.54, 1.807) is 0 Å². The zero-order chi connectivity index (χ0) is 20.4. The third kappa shape index (κ3) is 11.5. The maximum Gasteiger partial charge on any atom is 0.161 e. The maximum absolute atomic E-state index is 5.96. The SMILES string of the molecule is CCCCCCCCCCc1ccc2c(c1)OCCOCCOCCOCCO2. The zero-order valence-electron chi connectivity index (χ0n) is 18.3. The summed E-state index contributed by atoms with van der Waals surface area (Å²) in [6.45, 7) is 6.68. The van der Waals surface area contributed by atoms with E-state index in [1.807, 2.05) is 6.07 Å². The van der Waals surface area contributed by atoms with Crippen LogP contribution < -0.4 is 9.47 Å². The predicted octanol–water partition coefficient (Wildman–Crippen LogP) is 5.19. The predicted molar refractivity (Wildman–Crippen MR) is 116 cm³/mol. The van der Waals surface area contributed by atoms with E-state index in [9.17, 15) is 0 Å². The molecular weight excluding hydrogens is 368 g/mol. The molecule has 2 rings (SSSR count). The van der Waals surface area contributed by atoms with E-state index in [0.717, 1.165) is 17.9 Å². The fourth-order valence-electron chi connectivity index (χ4n) is 3.37. The second-order valence-corrected chi connectivity index (χ2v) is 7.54. The molecule has 1 heterocycles. The van der Waals surface area contributed by atoms with Crippen molar-refractivity contribution < 1.29 is 23.7 Å². The highest BCUT2D eigenvalue weighted by molar-refractivity contribution is 5.43. The van der Waals surface area contributed by atoms with Gasteiger partial charge in [0, 0.05) is 0 Å². The van der Waals surface area contributed by atoms with Gasteiger partial charge in [0.25, 0.3) is 0 Å². The van der Waals surface area contributed by atoms with Crippen LogP contribution in [0.4, 0.5) is 0 Å². The highest BCUT2D eigenvalue weighted by Crippen LogP contribution is 2.29. The fourth-order valence-corrected chi connectivity index (χ4v) is 3.37. The average Bonchev–Trinajstić information content (AvgIpc) is 2.74. The molecule has 29 heavy (non-hydrogen) atoms. The van der Waals surface area contributed by atoms with Gasteiger partial charge in [-0.15, -0.1) is 0 Å². The Balaban J connectivity index is 1.77. The number of benzene rings is 1. The van der Waals surface area contributed by atoms with Crippen LogP contribution in [0.15, 0.2) is 18.2 Å². The van der Waals surface area contributed by atoms with E-state index in [2.05, 4.69) is 19.1 Å². The third-order valence-electron chi connectivity index (χ3n) is 5.04. The Morgan fingerprint density at radius 1 is 0.586 bits per heavy atom. The molecule has 1 aromatic rings. The topological polar surface area (TPSA) is 46.2 Å². The molecule has 0 atom stereocenters. The number of fused-ring (bicyclic) bond motifs is 1. The van der Waals surface area contributed by atoms with Crippen molar-refractivity contribution >= 4 is 0 Å². The van der Waals surface area contributed by atoms with Crippen molar-refractivity contribution in [2.75, 3.05) is 52.9 Å². The van der Waals surface area contributed by atoms with Crippen molar-refractivity contribution in [2.45, 2.75) is 64.7 Å². The molecule has 0 amide bonds. The van der Waals surface area contributed by atoms with Crippen molar-refractivity contribution in [3.05, 3.63) is 23.8 Å². The average molecular weight is 409 g/mol. The quantitative estimate of drug-likeness (QED) is 0.526. The standard InChI is InChI=1S/C24H40O5/c1-2-3-4-5-6-7-8-9-10-22-11-12-23-24(21-22)29-20-18-27-16-14-25-13-15-26-17-19-28-23/h11-12,21H,2-10,13-20H2,1H3. The number of ether oxygens (including phenoxy) is 5. The molecule has 5 heteroatoms. The van der Waals surface area contributed by atoms with Crippen LogP contribution in [0.25, 0.3) is 0 Å². The first-order valence-electron chi connectivity index (χ1n) is 11.5. The first-order valence-corrected chi connectivity index (χ1v) is 11.5. The van der Waals surface area contributed by atoms with E-state index in [0.29, 0.717) is 52.9 Å². The van der Waals surface area contributed by atoms with Gasteiger partial charge in [-0.2, -0.15) is 0 Å². The van der Waals surface area contributed by atoms with E-state index in [-0.39, 0.29) is 0 Å². The monoisotopic (exact) mass is 408 g/mol. The van der Waals surface area contributed by atoms with Gasteiger partial charge in [-0.1, -0.05) is 57.9 Å². The lowest BCUT2D eigenvalue weighted by molar-refractivity contribution is 0.00708.